The van der Waals surface area contributed by atoms with E-state index in [1.807, 2.05) is 11.3 Å². The Morgan fingerprint density at radius 1 is 1.47 bits per heavy atom. The van der Waals surface area contributed by atoms with Crippen LogP contribution in [0.3, 0.4) is 0 Å². The Morgan fingerprint density at radius 2 is 2.42 bits per heavy atom. The van der Waals surface area contributed by atoms with E-state index >= 15 is 0 Å². The number of methoxy groups -OCH3 is 1. The number of hydrogen-bond donors (Lipinski definition) is 1. The van der Waals surface area contributed by atoms with Gasteiger partial charge in [0.1, 0.15) is 5.01 Å². The van der Waals surface area contributed by atoms with Gasteiger partial charge in [-0.15, -0.1) is 11.3 Å². The molecule has 3 rings (SSSR count). The first-order valence-electron chi connectivity index (χ1n) is 6.61. The smallest absolute Gasteiger partial charge is 0.115 e. The Labute approximate surface area is 121 Å². The number of rotatable bonds is 6. The summed E-state index contributed by atoms with van der Waals surface area (Å²) in [5, 5.41) is 9.10. The van der Waals surface area contributed by atoms with Gasteiger partial charge in [-0.05, 0) is 41.7 Å². The summed E-state index contributed by atoms with van der Waals surface area (Å²) in [6.07, 6.45) is 3.64. The zero-order valence-electron chi connectivity index (χ0n) is 11.0. The van der Waals surface area contributed by atoms with Gasteiger partial charge in [-0.2, -0.15) is 11.3 Å². The average molecular weight is 294 g/mol. The highest BCUT2D eigenvalue weighted by Gasteiger charge is 2.23. The van der Waals surface area contributed by atoms with Gasteiger partial charge >= 0.3 is 0 Å². The maximum atomic E-state index is 5.13. The molecule has 2 heterocycles. The number of fused-ring (bicyclic) bond motifs is 1. The van der Waals surface area contributed by atoms with E-state index in [0.717, 1.165) is 19.6 Å². The van der Waals surface area contributed by atoms with Crippen LogP contribution < -0.4 is 5.32 Å². The van der Waals surface area contributed by atoms with Crippen LogP contribution in [0.25, 0.3) is 0 Å². The van der Waals surface area contributed by atoms with Gasteiger partial charge in [-0.25, -0.2) is 4.98 Å². The first kappa shape index (κ1) is 13.2. The van der Waals surface area contributed by atoms with Crippen molar-refractivity contribution in [3.8, 4) is 0 Å². The van der Waals surface area contributed by atoms with Crippen molar-refractivity contribution in [3.05, 3.63) is 38.0 Å². The summed E-state index contributed by atoms with van der Waals surface area (Å²) in [5.74, 6) is 0. The lowest BCUT2D eigenvalue weighted by molar-refractivity contribution is 0.197. The fourth-order valence-corrected chi connectivity index (χ4v) is 4.37. The molecule has 5 heteroatoms. The van der Waals surface area contributed by atoms with Crippen LogP contribution in [0.4, 0.5) is 0 Å². The summed E-state index contributed by atoms with van der Waals surface area (Å²) < 4.78 is 5.13. The Kier molecular flexibility index (Phi) is 4.28. The number of nitrogens with zero attached hydrogens (tertiary/aromatic N) is 1. The average Bonchev–Trinajstić information content (AvgIpc) is 3.10. The minimum absolute atomic E-state index is 0.219. The predicted molar refractivity (Wildman–Crippen MR) is 80.2 cm³/mol. The van der Waals surface area contributed by atoms with Gasteiger partial charge in [-0.1, -0.05) is 0 Å². The first-order chi connectivity index (χ1) is 9.38. The van der Waals surface area contributed by atoms with Crippen molar-refractivity contribution < 1.29 is 4.74 Å². The second-order valence-electron chi connectivity index (χ2n) is 4.71. The fourth-order valence-electron chi connectivity index (χ4n) is 2.43. The van der Waals surface area contributed by atoms with Crippen molar-refractivity contribution >= 4 is 22.7 Å². The Balaban J connectivity index is 1.81. The maximum absolute atomic E-state index is 5.13. The van der Waals surface area contributed by atoms with Gasteiger partial charge in [0.25, 0.3) is 0 Å². The lowest BCUT2D eigenvalue weighted by Crippen LogP contribution is -2.25. The van der Waals surface area contributed by atoms with Gasteiger partial charge in [0.15, 0.2) is 0 Å². The second kappa shape index (κ2) is 6.13. The molecule has 19 heavy (non-hydrogen) atoms. The van der Waals surface area contributed by atoms with Crippen molar-refractivity contribution in [1.29, 1.82) is 0 Å². The molecule has 0 aliphatic heterocycles. The van der Waals surface area contributed by atoms with Crippen LogP contribution in [0, 0.1) is 0 Å². The van der Waals surface area contributed by atoms with Crippen molar-refractivity contribution in [2.75, 3.05) is 20.3 Å². The molecule has 1 unspecified atom stereocenters. The number of hydrogen-bond acceptors (Lipinski definition) is 5. The lowest BCUT2D eigenvalue weighted by Gasteiger charge is -2.15. The topological polar surface area (TPSA) is 34.1 Å². The van der Waals surface area contributed by atoms with Crippen molar-refractivity contribution in [2.45, 2.75) is 25.3 Å². The van der Waals surface area contributed by atoms with E-state index in [2.05, 4.69) is 22.1 Å². The molecule has 0 saturated heterocycles. The standard InChI is InChI=1S/C14H18N2OS2/c1-17-7-6-15-13(10-5-8-18-9-10)14-16-11-3-2-4-12(11)19-14/h5,8-9,13,15H,2-4,6-7H2,1H3. The molecule has 0 bridgehead atoms. The normalized spacial score (nSPS) is 15.6. The minimum atomic E-state index is 0.219. The molecule has 0 amide bonds. The second-order valence-corrected chi connectivity index (χ2v) is 6.61. The SMILES string of the molecule is COCCNC(c1ccsc1)c1nc2c(s1)CCC2. The van der Waals surface area contributed by atoms with Gasteiger partial charge < -0.3 is 10.1 Å². The summed E-state index contributed by atoms with van der Waals surface area (Å²) in [4.78, 5) is 6.34. The van der Waals surface area contributed by atoms with E-state index in [1.165, 1.54) is 34.0 Å². The molecule has 0 aromatic carbocycles. The van der Waals surface area contributed by atoms with Crippen LogP contribution in [0.1, 0.15) is 33.6 Å². The number of thiazole rings is 1. The molecule has 1 atom stereocenters. The fraction of sp³-hybridized carbons (Fsp3) is 0.500. The summed E-state index contributed by atoms with van der Waals surface area (Å²) in [6.45, 7) is 1.58. The van der Waals surface area contributed by atoms with Crippen LogP contribution in [0.15, 0.2) is 16.8 Å². The van der Waals surface area contributed by atoms with Crippen LogP contribution in [-0.4, -0.2) is 25.2 Å². The molecular weight excluding hydrogens is 276 g/mol. The largest absolute Gasteiger partial charge is 0.383 e. The zero-order chi connectivity index (χ0) is 13.1. The molecule has 0 radical (unpaired) electrons. The number of aryl methyl sites for hydroxylation is 2. The van der Waals surface area contributed by atoms with Crippen molar-refractivity contribution in [1.82, 2.24) is 10.3 Å². The first-order valence-corrected chi connectivity index (χ1v) is 8.37. The van der Waals surface area contributed by atoms with E-state index in [9.17, 15) is 0 Å². The Hall–Kier alpha value is -0.750. The molecule has 0 saturated carbocycles. The van der Waals surface area contributed by atoms with Crippen LogP contribution >= 0.6 is 22.7 Å². The monoisotopic (exact) mass is 294 g/mol. The minimum Gasteiger partial charge on any atom is -0.383 e. The van der Waals surface area contributed by atoms with Crippen molar-refractivity contribution in [3.63, 3.8) is 0 Å². The number of aromatic nitrogens is 1. The van der Waals surface area contributed by atoms with Gasteiger partial charge in [0.2, 0.25) is 0 Å². The van der Waals surface area contributed by atoms with E-state index < -0.39 is 0 Å². The van der Waals surface area contributed by atoms with Gasteiger partial charge in [0.05, 0.1) is 18.3 Å². The molecule has 0 fully saturated rings. The maximum Gasteiger partial charge on any atom is 0.115 e. The van der Waals surface area contributed by atoms with Crippen molar-refractivity contribution in [2.24, 2.45) is 0 Å². The third-order valence-corrected chi connectivity index (χ3v) is 5.31. The molecule has 2 aromatic heterocycles. The van der Waals surface area contributed by atoms with E-state index in [1.54, 1.807) is 18.4 Å². The lowest BCUT2D eigenvalue weighted by atomic mass is 10.1. The number of nitrogens with one attached hydrogen (secondary N) is 1. The quantitative estimate of drug-likeness (QED) is 0.832. The van der Waals surface area contributed by atoms with Crippen LogP contribution in [0.2, 0.25) is 0 Å². The predicted octanol–water partition coefficient (Wildman–Crippen LogP) is 3.02. The van der Waals surface area contributed by atoms with E-state index in [-0.39, 0.29) is 6.04 Å². The molecule has 1 aliphatic rings. The summed E-state index contributed by atoms with van der Waals surface area (Å²) >= 11 is 3.61. The molecule has 1 N–H and O–H groups in total. The Morgan fingerprint density at radius 3 is 3.16 bits per heavy atom. The zero-order valence-corrected chi connectivity index (χ0v) is 12.6. The Bertz CT molecular complexity index is 500. The third-order valence-electron chi connectivity index (χ3n) is 3.39. The summed E-state index contributed by atoms with van der Waals surface area (Å²) in [6, 6.07) is 2.40. The molecule has 2 aromatic rings. The van der Waals surface area contributed by atoms with Gasteiger partial charge in [0, 0.05) is 18.5 Å². The van der Waals surface area contributed by atoms with E-state index in [0.29, 0.717) is 0 Å². The van der Waals surface area contributed by atoms with Crippen LogP contribution in [-0.2, 0) is 17.6 Å². The highest BCUT2D eigenvalue weighted by atomic mass is 32.1. The highest BCUT2D eigenvalue weighted by molar-refractivity contribution is 7.12. The summed E-state index contributed by atoms with van der Waals surface area (Å²) in [7, 11) is 1.74. The molecule has 1 aliphatic carbocycles. The molecule has 102 valence electrons. The van der Waals surface area contributed by atoms with Gasteiger partial charge in [-0.3, -0.25) is 0 Å². The van der Waals surface area contributed by atoms with Crippen LogP contribution in [0.5, 0.6) is 0 Å². The molecule has 0 spiro atoms. The van der Waals surface area contributed by atoms with E-state index in [4.69, 9.17) is 9.72 Å². The third kappa shape index (κ3) is 2.89. The molecular formula is C14H18N2OS2. The number of thiophene rings is 1. The molecule has 3 nitrogen and oxygen atoms in total. The summed E-state index contributed by atoms with van der Waals surface area (Å²) in [5.41, 5.74) is 2.64. The highest BCUT2D eigenvalue weighted by Crippen LogP contribution is 2.33. The number of ether oxygens (including phenoxy) is 1.